The molecule has 0 spiro atoms. The molecule has 1 heterocycles. The molecule has 0 bridgehead atoms. The molecule has 32 heavy (non-hydrogen) atoms. The van der Waals surface area contributed by atoms with Gasteiger partial charge in [0.15, 0.2) is 22.7 Å². The molecular weight excluding hydrogens is 439 g/mol. The summed E-state index contributed by atoms with van der Waals surface area (Å²) in [6.45, 7) is -2.60. The van der Waals surface area contributed by atoms with E-state index < -0.39 is 24.2 Å². The molecule has 3 aromatic rings. The van der Waals surface area contributed by atoms with Crippen molar-refractivity contribution in [1.82, 2.24) is 9.47 Å². The molecule has 3 rings (SSSR count). The zero-order valence-corrected chi connectivity index (χ0v) is 17.0. The standard InChI is InChI=1S/C21H19F5N2O4/c1-27(11-13-6-7-16(31-20(22)23)18(10-13)30-2)12-28-9-8-15(29)14-4-3-5-17(19(14)28)32-21(24,25)26/h3-10,20H,11-12H2,1-2H3. The third-order valence-electron chi connectivity index (χ3n) is 4.47. The van der Waals surface area contributed by atoms with Gasteiger partial charge < -0.3 is 18.8 Å². The number of hydrogen-bond donors (Lipinski definition) is 0. The van der Waals surface area contributed by atoms with Crippen molar-refractivity contribution in [2.24, 2.45) is 0 Å². The summed E-state index contributed by atoms with van der Waals surface area (Å²) in [5, 5.41) is 0.0813. The number of aromatic nitrogens is 1. The van der Waals surface area contributed by atoms with Crippen molar-refractivity contribution in [2.45, 2.75) is 26.2 Å². The Morgan fingerprint density at radius 1 is 1.06 bits per heavy atom. The van der Waals surface area contributed by atoms with Crippen LogP contribution in [0.5, 0.6) is 17.2 Å². The lowest BCUT2D eigenvalue weighted by atomic mass is 10.2. The first kappa shape index (κ1) is 23.3. The summed E-state index contributed by atoms with van der Waals surface area (Å²) in [6, 6.07) is 9.57. The zero-order chi connectivity index (χ0) is 23.5. The van der Waals surface area contributed by atoms with E-state index in [0.717, 1.165) is 6.07 Å². The van der Waals surface area contributed by atoms with Gasteiger partial charge in [0, 0.05) is 24.2 Å². The number of methoxy groups -OCH3 is 1. The highest BCUT2D eigenvalue weighted by Gasteiger charge is 2.32. The largest absolute Gasteiger partial charge is 0.573 e. The summed E-state index contributed by atoms with van der Waals surface area (Å²) in [7, 11) is 3.02. The first-order chi connectivity index (χ1) is 15.1. The average molecular weight is 458 g/mol. The summed E-state index contributed by atoms with van der Waals surface area (Å²) < 4.78 is 78.6. The van der Waals surface area contributed by atoms with Crippen LogP contribution in [0.25, 0.3) is 10.9 Å². The Morgan fingerprint density at radius 3 is 2.47 bits per heavy atom. The predicted molar refractivity (Wildman–Crippen MR) is 106 cm³/mol. The number of benzene rings is 2. The van der Waals surface area contributed by atoms with E-state index in [0.29, 0.717) is 12.1 Å². The van der Waals surface area contributed by atoms with E-state index in [1.165, 1.54) is 48.2 Å². The number of rotatable bonds is 8. The minimum Gasteiger partial charge on any atom is -0.493 e. The highest BCUT2D eigenvalue weighted by atomic mass is 19.4. The van der Waals surface area contributed by atoms with E-state index in [2.05, 4.69) is 9.47 Å². The van der Waals surface area contributed by atoms with Crippen LogP contribution in [0.4, 0.5) is 22.0 Å². The Morgan fingerprint density at radius 2 is 1.81 bits per heavy atom. The van der Waals surface area contributed by atoms with Crippen LogP contribution in [0, 0.1) is 0 Å². The van der Waals surface area contributed by atoms with E-state index in [1.807, 2.05) is 0 Å². The van der Waals surface area contributed by atoms with Gasteiger partial charge in [-0.05, 0) is 36.9 Å². The third-order valence-corrected chi connectivity index (χ3v) is 4.47. The second-order valence-corrected chi connectivity index (χ2v) is 6.87. The normalized spacial score (nSPS) is 11.9. The van der Waals surface area contributed by atoms with Crippen molar-refractivity contribution in [3.63, 3.8) is 0 Å². The van der Waals surface area contributed by atoms with Gasteiger partial charge in [0.1, 0.15) is 0 Å². The van der Waals surface area contributed by atoms with E-state index in [4.69, 9.17) is 4.74 Å². The van der Waals surface area contributed by atoms with Crippen molar-refractivity contribution < 1.29 is 36.2 Å². The molecule has 1 aromatic heterocycles. The summed E-state index contributed by atoms with van der Waals surface area (Å²) >= 11 is 0. The van der Waals surface area contributed by atoms with Crippen molar-refractivity contribution in [1.29, 1.82) is 0 Å². The van der Waals surface area contributed by atoms with E-state index in [-0.39, 0.29) is 29.1 Å². The van der Waals surface area contributed by atoms with Gasteiger partial charge in [-0.15, -0.1) is 13.2 Å². The van der Waals surface area contributed by atoms with Crippen LogP contribution in [0.1, 0.15) is 5.56 Å². The van der Waals surface area contributed by atoms with Crippen molar-refractivity contribution >= 4 is 10.9 Å². The van der Waals surface area contributed by atoms with Crippen LogP contribution in [0.15, 0.2) is 53.5 Å². The third kappa shape index (κ3) is 5.67. The number of pyridine rings is 1. The van der Waals surface area contributed by atoms with Gasteiger partial charge >= 0.3 is 13.0 Å². The highest BCUT2D eigenvalue weighted by molar-refractivity contribution is 5.84. The Bertz CT molecular complexity index is 1150. The van der Waals surface area contributed by atoms with Gasteiger partial charge in [0.05, 0.1) is 19.3 Å². The predicted octanol–water partition coefficient (Wildman–Crippen LogP) is 4.60. The molecule has 11 heteroatoms. The summed E-state index contributed by atoms with van der Waals surface area (Å²) in [5.74, 6) is -0.489. The van der Waals surface area contributed by atoms with Crippen LogP contribution in [-0.2, 0) is 13.2 Å². The summed E-state index contributed by atoms with van der Waals surface area (Å²) in [5.41, 5.74) is 0.247. The molecule has 0 saturated heterocycles. The lowest BCUT2D eigenvalue weighted by Gasteiger charge is -2.22. The molecule has 0 amide bonds. The maximum atomic E-state index is 12.8. The zero-order valence-electron chi connectivity index (χ0n) is 17.0. The molecule has 0 aliphatic heterocycles. The number of halogens is 5. The quantitative estimate of drug-likeness (QED) is 0.462. The average Bonchev–Trinajstić information content (AvgIpc) is 2.70. The molecule has 0 saturated carbocycles. The maximum absolute atomic E-state index is 12.8. The second kappa shape index (κ2) is 9.43. The van der Waals surface area contributed by atoms with Gasteiger partial charge in [-0.2, -0.15) is 8.78 Å². The van der Waals surface area contributed by atoms with Crippen LogP contribution < -0.4 is 19.6 Å². The number of nitrogens with zero attached hydrogens (tertiary/aromatic N) is 2. The minimum absolute atomic E-state index is 0.00226. The van der Waals surface area contributed by atoms with E-state index in [9.17, 15) is 26.7 Å². The molecule has 0 aliphatic carbocycles. The van der Waals surface area contributed by atoms with Crippen LogP contribution >= 0.6 is 0 Å². The number of fused-ring (bicyclic) bond motifs is 1. The number of ether oxygens (including phenoxy) is 3. The summed E-state index contributed by atoms with van der Waals surface area (Å²) in [4.78, 5) is 13.9. The van der Waals surface area contributed by atoms with Crippen LogP contribution in [0.2, 0.25) is 0 Å². The molecule has 172 valence electrons. The first-order valence-corrected chi connectivity index (χ1v) is 9.25. The highest BCUT2D eigenvalue weighted by Crippen LogP contribution is 2.31. The molecule has 6 nitrogen and oxygen atoms in total. The minimum atomic E-state index is -4.92. The summed E-state index contributed by atoms with van der Waals surface area (Å²) in [6.07, 6.45) is -3.54. The molecule has 0 fully saturated rings. The maximum Gasteiger partial charge on any atom is 0.573 e. The topological polar surface area (TPSA) is 52.9 Å². The van der Waals surface area contributed by atoms with E-state index >= 15 is 0 Å². The molecule has 0 atom stereocenters. The van der Waals surface area contributed by atoms with Gasteiger partial charge in [0.25, 0.3) is 0 Å². The lowest BCUT2D eigenvalue weighted by molar-refractivity contribution is -0.274. The van der Waals surface area contributed by atoms with Gasteiger partial charge in [0.2, 0.25) is 0 Å². The number of para-hydroxylation sites is 1. The fraction of sp³-hybridized carbons (Fsp3) is 0.286. The molecule has 0 unspecified atom stereocenters. The van der Waals surface area contributed by atoms with Gasteiger partial charge in [-0.3, -0.25) is 9.69 Å². The smallest absolute Gasteiger partial charge is 0.493 e. The molecular formula is C21H19F5N2O4. The molecule has 0 aliphatic rings. The molecule has 0 N–H and O–H groups in total. The van der Waals surface area contributed by atoms with Gasteiger partial charge in [-0.1, -0.05) is 12.1 Å². The Labute approximate surface area is 179 Å². The number of hydrogen-bond acceptors (Lipinski definition) is 5. The Balaban J connectivity index is 1.88. The monoisotopic (exact) mass is 458 g/mol. The lowest BCUT2D eigenvalue weighted by Crippen LogP contribution is -2.24. The van der Waals surface area contributed by atoms with Crippen LogP contribution in [0.3, 0.4) is 0 Å². The fourth-order valence-electron chi connectivity index (χ4n) is 3.29. The number of alkyl halides is 5. The van der Waals surface area contributed by atoms with E-state index in [1.54, 1.807) is 18.0 Å². The molecule has 2 aromatic carbocycles. The van der Waals surface area contributed by atoms with Crippen molar-refractivity contribution in [3.8, 4) is 17.2 Å². The molecule has 0 radical (unpaired) electrons. The van der Waals surface area contributed by atoms with Crippen LogP contribution in [-0.4, -0.2) is 36.6 Å². The van der Waals surface area contributed by atoms with Gasteiger partial charge in [-0.25, -0.2) is 0 Å². The SMILES string of the molecule is COc1cc(CN(C)Cn2ccc(=O)c3cccc(OC(F)(F)F)c32)ccc1OC(F)F. The Kier molecular flexibility index (Phi) is 6.87. The fourth-order valence-corrected chi connectivity index (χ4v) is 3.29. The second-order valence-electron chi connectivity index (χ2n) is 6.87. The first-order valence-electron chi connectivity index (χ1n) is 9.25. The van der Waals surface area contributed by atoms with Crippen molar-refractivity contribution in [2.75, 3.05) is 14.2 Å². The van der Waals surface area contributed by atoms with Crippen molar-refractivity contribution in [3.05, 3.63) is 64.4 Å². The Hall–Kier alpha value is -3.34.